The smallest absolute Gasteiger partial charge is 0.236 e. The van der Waals surface area contributed by atoms with Gasteiger partial charge in [-0.25, -0.2) is 0 Å². The van der Waals surface area contributed by atoms with Gasteiger partial charge in [0.25, 0.3) is 0 Å². The Morgan fingerprint density at radius 1 is 1.25 bits per heavy atom. The Hall–Kier alpha value is -1.59. The molecule has 20 heavy (non-hydrogen) atoms. The Balaban J connectivity index is 2.20. The maximum Gasteiger partial charge on any atom is 0.236 e. The van der Waals surface area contributed by atoms with E-state index in [9.17, 15) is 4.79 Å². The van der Waals surface area contributed by atoms with Crippen LogP contribution in [0.25, 0.3) is 0 Å². The summed E-state index contributed by atoms with van der Waals surface area (Å²) in [4.78, 5) is 15.8. The van der Waals surface area contributed by atoms with Gasteiger partial charge < -0.3 is 15.4 Å². The fraction of sp³-hybridized carbons (Fsp3) is 0.533. The third-order valence-electron chi connectivity index (χ3n) is 3.84. The van der Waals surface area contributed by atoms with E-state index in [-0.39, 0.29) is 18.0 Å². The van der Waals surface area contributed by atoms with Gasteiger partial charge in [-0.2, -0.15) is 0 Å². The Labute approximate surface area is 120 Å². The van der Waals surface area contributed by atoms with Gasteiger partial charge in [0.15, 0.2) is 0 Å². The van der Waals surface area contributed by atoms with Gasteiger partial charge in [-0.05, 0) is 24.6 Å². The highest BCUT2D eigenvalue weighted by Crippen LogP contribution is 2.26. The SMILES string of the molecule is COc1ccc(C(C(C)N)N2CCN(C)C(=O)C2)cc1. The predicted octanol–water partition coefficient (Wildman–Crippen LogP) is 0.857. The molecule has 1 amide bonds. The lowest BCUT2D eigenvalue weighted by Crippen LogP contribution is -2.52. The second-order valence-electron chi connectivity index (χ2n) is 5.36. The number of methoxy groups -OCH3 is 1. The number of carbonyl (C=O) groups is 1. The van der Waals surface area contributed by atoms with Gasteiger partial charge in [0, 0.05) is 26.2 Å². The van der Waals surface area contributed by atoms with Crippen molar-refractivity contribution in [2.24, 2.45) is 5.73 Å². The molecule has 1 aliphatic heterocycles. The third-order valence-corrected chi connectivity index (χ3v) is 3.84. The summed E-state index contributed by atoms with van der Waals surface area (Å²) in [6.45, 7) is 4.01. The topological polar surface area (TPSA) is 58.8 Å². The van der Waals surface area contributed by atoms with E-state index < -0.39 is 0 Å². The van der Waals surface area contributed by atoms with Crippen LogP contribution in [0, 0.1) is 0 Å². The van der Waals surface area contributed by atoms with Gasteiger partial charge in [0.05, 0.1) is 19.7 Å². The van der Waals surface area contributed by atoms with Crippen LogP contribution in [0.2, 0.25) is 0 Å². The van der Waals surface area contributed by atoms with Crippen molar-refractivity contribution in [2.75, 3.05) is 33.8 Å². The van der Waals surface area contributed by atoms with E-state index in [2.05, 4.69) is 4.90 Å². The number of hydrogen-bond donors (Lipinski definition) is 1. The van der Waals surface area contributed by atoms with Crippen LogP contribution in [-0.4, -0.2) is 55.5 Å². The Bertz CT molecular complexity index is 459. The molecular formula is C15H23N3O2. The molecule has 110 valence electrons. The van der Waals surface area contributed by atoms with Crippen molar-refractivity contribution in [3.8, 4) is 5.75 Å². The number of rotatable bonds is 4. The summed E-state index contributed by atoms with van der Waals surface area (Å²) in [6.07, 6.45) is 0. The van der Waals surface area contributed by atoms with Crippen LogP contribution in [-0.2, 0) is 4.79 Å². The molecule has 0 saturated carbocycles. The zero-order valence-corrected chi connectivity index (χ0v) is 12.4. The molecule has 0 spiro atoms. The van der Waals surface area contributed by atoms with Crippen LogP contribution in [0.1, 0.15) is 18.5 Å². The Kier molecular flexibility index (Phi) is 4.62. The summed E-state index contributed by atoms with van der Waals surface area (Å²) in [7, 11) is 3.49. The summed E-state index contributed by atoms with van der Waals surface area (Å²) >= 11 is 0. The van der Waals surface area contributed by atoms with Crippen LogP contribution in [0.15, 0.2) is 24.3 Å². The molecule has 1 aliphatic rings. The summed E-state index contributed by atoms with van der Waals surface area (Å²) < 4.78 is 5.18. The first-order chi connectivity index (χ1) is 9.52. The lowest BCUT2D eigenvalue weighted by atomic mass is 9.98. The highest BCUT2D eigenvalue weighted by atomic mass is 16.5. The van der Waals surface area contributed by atoms with Gasteiger partial charge in [0.2, 0.25) is 5.91 Å². The molecule has 2 unspecified atom stereocenters. The molecule has 2 rings (SSSR count). The highest BCUT2D eigenvalue weighted by molar-refractivity contribution is 5.78. The maximum absolute atomic E-state index is 11.9. The summed E-state index contributed by atoms with van der Waals surface area (Å²) in [5, 5.41) is 0. The number of likely N-dealkylation sites (N-methyl/N-ethyl adjacent to an activating group) is 1. The molecular weight excluding hydrogens is 254 g/mol. The van der Waals surface area contributed by atoms with Crippen LogP contribution in [0.5, 0.6) is 5.75 Å². The van der Waals surface area contributed by atoms with E-state index in [0.29, 0.717) is 6.54 Å². The van der Waals surface area contributed by atoms with Crippen molar-refractivity contribution in [3.05, 3.63) is 29.8 Å². The molecule has 5 nitrogen and oxygen atoms in total. The van der Waals surface area contributed by atoms with Gasteiger partial charge in [-0.1, -0.05) is 12.1 Å². The van der Waals surface area contributed by atoms with E-state index in [1.807, 2.05) is 38.2 Å². The second-order valence-corrected chi connectivity index (χ2v) is 5.36. The first kappa shape index (κ1) is 14.8. The number of ether oxygens (including phenoxy) is 1. The van der Waals surface area contributed by atoms with Gasteiger partial charge in [0.1, 0.15) is 5.75 Å². The molecule has 0 bridgehead atoms. The number of piperazine rings is 1. The van der Waals surface area contributed by atoms with E-state index >= 15 is 0 Å². The predicted molar refractivity (Wildman–Crippen MR) is 78.6 cm³/mol. The number of nitrogens with zero attached hydrogens (tertiary/aromatic N) is 2. The quantitative estimate of drug-likeness (QED) is 0.886. The number of benzene rings is 1. The standard InChI is InChI=1S/C15H23N3O2/c1-11(16)15(12-4-6-13(20-3)7-5-12)18-9-8-17(2)14(19)10-18/h4-7,11,15H,8-10,16H2,1-3H3. The van der Waals surface area contributed by atoms with Crippen LogP contribution < -0.4 is 10.5 Å². The normalized spacial score (nSPS) is 19.8. The molecule has 1 heterocycles. The zero-order valence-electron chi connectivity index (χ0n) is 12.4. The first-order valence-electron chi connectivity index (χ1n) is 6.90. The molecule has 1 aromatic carbocycles. The van der Waals surface area contributed by atoms with Crippen molar-refractivity contribution in [3.63, 3.8) is 0 Å². The molecule has 0 aromatic heterocycles. The van der Waals surface area contributed by atoms with Crippen molar-refractivity contribution in [1.82, 2.24) is 9.80 Å². The van der Waals surface area contributed by atoms with E-state index in [0.717, 1.165) is 24.4 Å². The van der Waals surface area contributed by atoms with Crippen LogP contribution in [0.4, 0.5) is 0 Å². The number of carbonyl (C=O) groups excluding carboxylic acids is 1. The highest BCUT2D eigenvalue weighted by Gasteiger charge is 2.30. The fourth-order valence-corrected chi connectivity index (χ4v) is 2.66. The molecule has 1 fully saturated rings. The van der Waals surface area contributed by atoms with Crippen molar-refractivity contribution in [2.45, 2.75) is 19.0 Å². The summed E-state index contributed by atoms with van der Waals surface area (Å²) in [6, 6.07) is 7.93. The Morgan fingerprint density at radius 3 is 2.40 bits per heavy atom. The molecule has 0 radical (unpaired) electrons. The molecule has 1 saturated heterocycles. The van der Waals surface area contributed by atoms with E-state index in [1.54, 1.807) is 12.0 Å². The first-order valence-corrected chi connectivity index (χ1v) is 6.90. The Morgan fingerprint density at radius 2 is 1.90 bits per heavy atom. The number of amides is 1. The van der Waals surface area contributed by atoms with Crippen LogP contribution >= 0.6 is 0 Å². The van der Waals surface area contributed by atoms with Gasteiger partial charge in [-0.15, -0.1) is 0 Å². The fourth-order valence-electron chi connectivity index (χ4n) is 2.66. The van der Waals surface area contributed by atoms with Gasteiger partial charge >= 0.3 is 0 Å². The minimum absolute atomic E-state index is 0.0420. The van der Waals surface area contributed by atoms with Crippen molar-refractivity contribution >= 4 is 5.91 Å². The lowest BCUT2D eigenvalue weighted by molar-refractivity contribution is -0.135. The largest absolute Gasteiger partial charge is 0.497 e. The van der Waals surface area contributed by atoms with E-state index in [4.69, 9.17) is 10.5 Å². The van der Waals surface area contributed by atoms with Crippen molar-refractivity contribution < 1.29 is 9.53 Å². The molecule has 2 atom stereocenters. The van der Waals surface area contributed by atoms with Crippen molar-refractivity contribution in [1.29, 1.82) is 0 Å². The van der Waals surface area contributed by atoms with Crippen LogP contribution in [0.3, 0.4) is 0 Å². The average molecular weight is 277 g/mol. The molecule has 2 N–H and O–H groups in total. The number of nitrogens with two attached hydrogens (primary N) is 1. The lowest BCUT2D eigenvalue weighted by Gasteiger charge is -2.39. The second kappa shape index (κ2) is 6.24. The molecule has 1 aromatic rings. The molecule has 0 aliphatic carbocycles. The monoisotopic (exact) mass is 277 g/mol. The minimum Gasteiger partial charge on any atom is -0.497 e. The number of hydrogen-bond acceptors (Lipinski definition) is 4. The molecule has 5 heteroatoms. The van der Waals surface area contributed by atoms with E-state index in [1.165, 1.54) is 0 Å². The minimum atomic E-state index is -0.0420. The zero-order chi connectivity index (χ0) is 14.7. The third kappa shape index (κ3) is 3.11. The maximum atomic E-state index is 11.9. The average Bonchev–Trinajstić information content (AvgIpc) is 2.43. The summed E-state index contributed by atoms with van der Waals surface area (Å²) in [5.74, 6) is 0.974. The van der Waals surface area contributed by atoms with Gasteiger partial charge in [-0.3, -0.25) is 9.69 Å². The summed E-state index contributed by atoms with van der Waals surface area (Å²) in [5.41, 5.74) is 7.28.